The lowest BCUT2D eigenvalue weighted by Gasteiger charge is -2.15. The van der Waals surface area contributed by atoms with Gasteiger partial charge in [0.25, 0.3) is 0 Å². The Morgan fingerprint density at radius 2 is 2.22 bits per heavy atom. The largest absolute Gasteiger partial charge is 0.374 e. The van der Waals surface area contributed by atoms with Crippen molar-refractivity contribution in [3.05, 3.63) is 5.69 Å². The Morgan fingerprint density at radius 3 is 2.89 bits per heavy atom. The Bertz CT molecular complexity index is 368. The normalized spacial score (nSPS) is 10.7. The van der Waals surface area contributed by atoms with Crippen molar-refractivity contribution in [1.82, 2.24) is 19.8 Å². The van der Waals surface area contributed by atoms with Gasteiger partial charge in [-0.15, -0.1) is 5.10 Å². The molecule has 1 rings (SSSR count). The van der Waals surface area contributed by atoms with Gasteiger partial charge in [-0.05, 0) is 20.4 Å². The molecule has 1 amide bonds. The molecule has 2 N–H and O–H groups in total. The molecule has 18 heavy (non-hydrogen) atoms. The molecule has 1 aromatic rings. The third-order valence-corrected chi connectivity index (χ3v) is 3.02. The van der Waals surface area contributed by atoms with Crippen LogP contribution >= 0.6 is 11.5 Å². The van der Waals surface area contributed by atoms with Gasteiger partial charge < -0.3 is 10.6 Å². The van der Waals surface area contributed by atoms with Crippen LogP contribution in [0.25, 0.3) is 0 Å². The van der Waals surface area contributed by atoms with Gasteiger partial charge in [0.05, 0.1) is 6.54 Å². The maximum atomic E-state index is 11.4. The predicted molar refractivity (Wildman–Crippen MR) is 73.7 cm³/mol. The van der Waals surface area contributed by atoms with E-state index in [9.17, 15) is 4.79 Å². The molecule has 0 saturated carbocycles. The topological polar surface area (TPSA) is 70.2 Å². The molecule has 0 radical (unpaired) electrons. The highest BCUT2D eigenvalue weighted by atomic mass is 32.1. The third kappa shape index (κ3) is 4.97. The fourth-order valence-electron chi connectivity index (χ4n) is 1.49. The predicted octanol–water partition coefficient (Wildman–Crippen LogP) is 0.928. The number of aromatic nitrogens is 2. The smallest absolute Gasteiger partial charge is 0.234 e. The summed E-state index contributed by atoms with van der Waals surface area (Å²) in [6, 6.07) is 0. The molecule has 0 bridgehead atoms. The van der Waals surface area contributed by atoms with E-state index in [1.54, 1.807) is 0 Å². The second-order valence-electron chi connectivity index (χ2n) is 4.10. The van der Waals surface area contributed by atoms with Crippen molar-refractivity contribution >= 4 is 22.4 Å². The van der Waals surface area contributed by atoms with Crippen LogP contribution < -0.4 is 10.6 Å². The molecule has 0 fully saturated rings. The van der Waals surface area contributed by atoms with Crippen LogP contribution in [0, 0.1) is 0 Å². The van der Waals surface area contributed by atoms with Crippen LogP contribution in [0.2, 0.25) is 0 Å². The zero-order valence-electron chi connectivity index (χ0n) is 11.2. The van der Waals surface area contributed by atoms with Crippen molar-refractivity contribution in [3.63, 3.8) is 0 Å². The summed E-state index contributed by atoms with van der Waals surface area (Å²) in [5.74, 6) is 0.0336. The molecule has 0 aromatic carbocycles. The summed E-state index contributed by atoms with van der Waals surface area (Å²) in [6.45, 7) is 6.60. The lowest BCUT2D eigenvalue weighted by molar-refractivity contribution is -0.121. The molecule has 0 atom stereocenters. The maximum Gasteiger partial charge on any atom is 0.234 e. The van der Waals surface area contributed by atoms with Crippen LogP contribution in [0.1, 0.15) is 26.0 Å². The maximum absolute atomic E-state index is 11.4. The van der Waals surface area contributed by atoms with Crippen LogP contribution in [0.15, 0.2) is 0 Å². The lowest BCUT2D eigenvalue weighted by atomic mass is 10.4. The summed E-state index contributed by atoms with van der Waals surface area (Å²) < 4.78 is 3.95. The van der Waals surface area contributed by atoms with Crippen molar-refractivity contribution < 1.29 is 4.79 Å². The molecular formula is C11H21N5OS. The number of hydrogen-bond acceptors (Lipinski definition) is 6. The summed E-state index contributed by atoms with van der Waals surface area (Å²) in [6.07, 6.45) is 1.06. The molecule has 1 aromatic heterocycles. The van der Waals surface area contributed by atoms with E-state index < -0.39 is 0 Å². The molecule has 0 aliphatic heterocycles. The molecule has 0 aliphatic rings. The Morgan fingerprint density at radius 1 is 1.44 bits per heavy atom. The molecule has 6 nitrogen and oxygen atoms in total. The Hall–Kier alpha value is -1.21. The first-order chi connectivity index (χ1) is 8.67. The highest BCUT2D eigenvalue weighted by Crippen LogP contribution is 2.18. The zero-order valence-corrected chi connectivity index (χ0v) is 12.0. The minimum Gasteiger partial charge on any atom is -0.374 e. The molecule has 0 unspecified atom stereocenters. The molecule has 0 aliphatic carbocycles. The number of nitrogens with zero attached hydrogens (tertiary/aromatic N) is 3. The highest BCUT2D eigenvalue weighted by molar-refractivity contribution is 7.10. The van der Waals surface area contributed by atoms with Crippen LogP contribution in [0.3, 0.4) is 0 Å². The summed E-state index contributed by atoms with van der Waals surface area (Å²) in [4.78, 5) is 13.4. The Balaban J connectivity index is 2.45. The van der Waals surface area contributed by atoms with Gasteiger partial charge in [-0.25, -0.2) is 0 Å². The average Bonchev–Trinajstić information content (AvgIpc) is 2.73. The third-order valence-electron chi connectivity index (χ3n) is 2.30. The van der Waals surface area contributed by atoms with Gasteiger partial charge in [0.2, 0.25) is 5.91 Å². The molecular weight excluding hydrogens is 250 g/mol. The number of rotatable bonds is 8. The quantitative estimate of drug-likeness (QED) is 0.736. The fraction of sp³-hybridized carbons (Fsp3) is 0.727. The second kappa shape index (κ2) is 7.99. The van der Waals surface area contributed by atoms with E-state index in [4.69, 9.17) is 0 Å². The standard InChI is InChI=1S/C11H21N5OS/c1-4-6-13-11-9(14-15-18-11)7-16(3)8-10(17)12-5-2/h13H,4-8H2,1-3H3,(H,12,17). The summed E-state index contributed by atoms with van der Waals surface area (Å²) >= 11 is 1.36. The van der Waals surface area contributed by atoms with Gasteiger partial charge in [-0.1, -0.05) is 11.4 Å². The summed E-state index contributed by atoms with van der Waals surface area (Å²) in [7, 11) is 1.90. The van der Waals surface area contributed by atoms with E-state index >= 15 is 0 Å². The lowest BCUT2D eigenvalue weighted by Crippen LogP contribution is -2.34. The highest BCUT2D eigenvalue weighted by Gasteiger charge is 2.12. The first-order valence-corrected chi connectivity index (χ1v) is 6.95. The monoisotopic (exact) mass is 271 g/mol. The van der Waals surface area contributed by atoms with Crippen LogP contribution in [-0.2, 0) is 11.3 Å². The van der Waals surface area contributed by atoms with Gasteiger partial charge in [0.15, 0.2) is 0 Å². The molecule has 7 heteroatoms. The van der Waals surface area contributed by atoms with Crippen molar-refractivity contribution in [3.8, 4) is 0 Å². The number of amides is 1. The minimum absolute atomic E-state index is 0.0336. The van der Waals surface area contributed by atoms with E-state index in [-0.39, 0.29) is 5.91 Å². The van der Waals surface area contributed by atoms with Gasteiger partial charge in [-0.2, -0.15) is 0 Å². The number of carbonyl (C=O) groups excluding carboxylic acids is 1. The van der Waals surface area contributed by atoms with E-state index in [2.05, 4.69) is 27.1 Å². The first kappa shape index (κ1) is 14.8. The van der Waals surface area contributed by atoms with Crippen molar-refractivity contribution in [2.24, 2.45) is 0 Å². The number of nitrogens with one attached hydrogen (secondary N) is 2. The second-order valence-corrected chi connectivity index (χ2v) is 4.86. The van der Waals surface area contributed by atoms with Crippen LogP contribution in [-0.4, -0.2) is 47.1 Å². The number of likely N-dealkylation sites (N-methyl/N-ethyl adjacent to an activating group) is 2. The molecule has 102 valence electrons. The molecule has 0 saturated heterocycles. The van der Waals surface area contributed by atoms with E-state index in [0.29, 0.717) is 19.6 Å². The Labute approximate surface area is 112 Å². The van der Waals surface area contributed by atoms with E-state index in [0.717, 1.165) is 23.7 Å². The molecule has 1 heterocycles. The van der Waals surface area contributed by atoms with Crippen LogP contribution in [0.4, 0.5) is 5.00 Å². The SMILES string of the molecule is CCCNc1snnc1CN(C)CC(=O)NCC. The number of carbonyl (C=O) groups is 1. The minimum atomic E-state index is 0.0336. The zero-order chi connectivity index (χ0) is 13.4. The number of hydrogen-bond donors (Lipinski definition) is 2. The first-order valence-electron chi connectivity index (χ1n) is 6.17. The average molecular weight is 271 g/mol. The van der Waals surface area contributed by atoms with Gasteiger partial charge in [-0.3, -0.25) is 9.69 Å². The van der Waals surface area contributed by atoms with E-state index in [1.807, 2.05) is 18.9 Å². The van der Waals surface area contributed by atoms with Gasteiger partial charge in [0, 0.05) is 31.2 Å². The van der Waals surface area contributed by atoms with Gasteiger partial charge >= 0.3 is 0 Å². The van der Waals surface area contributed by atoms with E-state index in [1.165, 1.54) is 11.5 Å². The number of anilines is 1. The van der Waals surface area contributed by atoms with Crippen molar-refractivity contribution in [2.75, 3.05) is 32.0 Å². The van der Waals surface area contributed by atoms with Crippen LogP contribution in [0.5, 0.6) is 0 Å². The fourth-order valence-corrected chi connectivity index (χ4v) is 2.09. The summed E-state index contributed by atoms with van der Waals surface area (Å²) in [5.41, 5.74) is 0.903. The van der Waals surface area contributed by atoms with Crippen molar-refractivity contribution in [1.29, 1.82) is 0 Å². The van der Waals surface area contributed by atoms with Crippen molar-refractivity contribution in [2.45, 2.75) is 26.8 Å². The van der Waals surface area contributed by atoms with Gasteiger partial charge in [0.1, 0.15) is 10.7 Å². The molecule has 0 spiro atoms. The summed E-state index contributed by atoms with van der Waals surface area (Å²) in [5, 5.41) is 11.2. The Kier molecular flexibility index (Phi) is 6.59.